The maximum Gasteiger partial charge on any atom is 0.265 e. The zero-order chi connectivity index (χ0) is 14.8. The van der Waals surface area contributed by atoms with Gasteiger partial charge in [-0.05, 0) is 23.7 Å². The molecule has 0 amide bonds. The first-order valence-electron chi connectivity index (χ1n) is 5.52. The fourth-order valence-corrected chi connectivity index (χ4v) is 2.39. The van der Waals surface area contributed by atoms with E-state index in [1.807, 2.05) is 19.0 Å². The molecule has 106 valence electrons. The molecule has 0 bridgehead atoms. The van der Waals surface area contributed by atoms with Gasteiger partial charge in [0, 0.05) is 14.1 Å². The molecule has 2 aromatic rings. The molecular weight excluding hydrogens is 302 g/mol. The number of sulfonamides is 1. The molecule has 0 atom stereocenters. The first-order chi connectivity index (χ1) is 9.38. The number of anilines is 2. The zero-order valence-electron chi connectivity index (χ0n) is 10.8. The van der Waals surface area contributed by atoms with Crippen LogP contribution >= 0.6 is 11.6 Å². The van der Waals surface area contributed by atoms with E-state index >= 15 is 0 Å². The maximum atomic E-state index is 12.1. The van der Waals surface area contributed by atoms with E-state index in [2.05, 4.69) is 19.7 Å². The van der Waals surface area contributed by atoms with Crippen molar-refractivity contribution < 1.29 is 8.42 Å². The SMILES string of the molecule is CN(C)c1ccc(NS(=O)(=O)c2cnc(Cl)nc2)cn1. The first-order valence-corrected chi connectivity index (χ1v) is 7.38. The van der Waals surface area contributed by atoms with Crippen molar-refractivity contribution in [2.24, 2.45) is 0 Å². The van der Waals surface area contributed by atoms with E-state index in [9.17, 15) is 8.42 Å². The summed E-state index contributed by atoms with van der Waals surface area (Å²) in [7, 11) is -0.0615. The number of nitrogens with zero attached hydrogens (tertiary/aromatic N) is 4. The summed E-state index contributed by atoms with van der Waals surface area (Å²) in [4.78, 5) is 13.1. The molecule has 0 aliphatic rings. The molecule has 1 N–H and O–H groups in total. The van der Waals surface area contributed by atoms with Crippen LogP contribution in [0.3, 0.4) is 0 Å². The summed E-state index contributed by atoms with van der Waals surface area (Å²) in [5.74, 6) is 0.725. The Balaban J connectivity index is 2.22. The summed E-state index contributed by atoms with van der Waals surface area (Å²) < 4.78 is 26.5. The van der Waals surface area contributed by atoms with Crippen LogP contribution in [0, 0.1) is 0 Å². The van der Waals surface area contributed by atoms with Crippen LogP contribution in [0.5, 0.6) is 0 Å². The van der Waals surface area contributed by atoms with E-state index in [1.165, 1.54) is 6.20 Å². The monoisotopic (exact) mass is 313 g/mol. The van der Waals surface area contributed by atoms with Crippen LogP contribution in [-0.2, 0) is 10.0 Å². The van der Waals surface area contributed by atoms with Crippen molar-refractivity contribution in [1.82, 2.24) is 15.0 Å². The van der Waals surface area contributed by atoms with Gasteiger partial charge in [0.1, 0.15) is 10.7 Å². The van der Waals surface area contributed by atoms with Gasteiger partial charge < -0.3 is 4.90 Å². The van der Waals surface area contributed by atoms with E-state index < -0.39 is 10.0 Å². The molecule has 0 radical (unpaired) electrons. The highest BCUT2D eigenvalue weighted by molar-refractivity contribution is 7.92. The molecule has 20 heavy (non-hydrogen) atoms. The second-order valence-corrected chi connectivity index (χ2v) is 6.11. The van der Waals surface area contributed by atoms with Gasteiger partial charge in [-0.2, -0.15) is 0 Å². The molecule has 2 aromatic heterocycles. The van der Waals surface area contributed by atoms with Gasteiger partial charge in [0.2, 0.25) is 5.28 Å². The Hall–Kier alpha value is -1.93. The topological polar surface area (TPSA) is 88.1 Å². The molecule has 0 saturated heterocycles. The number of nitrogens with one attached hydrogen (secondary N) is 1. The van der Waals surface area contributed by atoms with Gasteiger partial charge in [-0.25, -0.2) is 23.4 Å². The van der Waals surface area contributed by atoms with Crippen LogP contribution < -0.4 is 9.62 Å². The zero-order valence-corrected chi connectivity index (χ0v) is 12.4. The van der Waals surface area contributed by atoms with Crippen LogP contribution in [0.25, 0.3) is 0 Å². The second-order valence-electron chi connectivity index (χ2n) is 4.09. The minimum absolute atomic E-state index is 0.0130. The van der Waals surface area contributed by atoms with Crippen molar-refractivity contribution in [1.29, 1.82) is 0 Å². The number of rotatable bonds is 4. The highest BCUT2D eigenvalue weighted by Gasteiger charge is 2.15. The van der Waals surface area contributed by atoms with Gasteiger partial charge in [0.25, 0.3) is 10.0 Å². The Labute approximate surface area is 121 Å². The molecule has 2 rings (SSSR count). The number of halogens is 1. The van der Waals surface area contributed by atoms with Crippen molar-refractivity contribution in [2.75, 3.05) is 23.7 Å². The number of aromatic nitrogens is 3. The van der Waals surface area contributed by atoms with E-state index in [4.69, 9.17) is 11.6 Å². The Morgan fingerprint density at radius 2 is 1.75 bits per heavy atom. The first kappa shape index (κ1) is 14.5. The van der Waals surface area contributed by atoms with Gasteiger partial charge >= 0.3 is 0 Å². The summed E-state index contributed by atoms with van der Waals surface area (Å²) >= 11 is 5.52. The lowest BCUT2D eigenvalue weighted by Gasteiger charge is -2.12. The normalized spacial score (nSPS) is 11.2. The predicted octanol–water partition coefficient (Wildman–Crippen LogP) is 1.39. The van der Waals surface area contributed by atoms with Gasteiger partial charge in [0.05, 0.1) is 24.3 Å². The van der Waals surface area contributed by atoms with Crippen molar-refractivity contribution in [3.63, 3.8) is 0 Å². The highest BCUT2D eigenvalue weighted by Crippen LogP contribution is 2.16. The molecule has 2 heterocycles. The summed E-state index contributed by atoms with van der Waals surface area (Å²) in [6, 6.07) is 3.33. The van der Waals surface area contributed by atoms with Gasteiger partial charge in [-0.3, -0.25) is 4.72 Å². The number of hydrogen-bond donors (Lipinski definition) is 1. The summed E-state index contributed by atoms with van der Waals surface area (Å²) in [6.45, 7) is 0. The minimum atomic E-state index is -3.75. The fraction of sp³-hybridized carbons (Fsp3) is 0.182. The number of pyridine rings is 1. The third kappa shape index (κ3) is 3.34. The average molecular weight is 314 g/mol. The Kier molecular flexibility index (Phi) is 4.05. The molecular formula is C11H12ClN5O2S. The van der Waals surface area contributed by atoms with Crippen LogP contribution in [0.4, 0.5) is 11.5 Å². The van der Waals surface area contributed by atoms with Crippen molar-refractivity contribution in [2.45, 2.75) is 4.90 Å². The lowest BCUT2D eigenvalue weighted by Crippen LogP contribution is -2.14. The third-order valence-electron chi connectivity index (χ3n) is 2.37. The molecule has 7 nitrogen and oxygen atoms in total. The van der Waals surface area contributed by atoms with Crippen molar-refractivity contribution in [3.8, 4) is 0 Å². The third-order valence-corrected chi connectivity index (χ3v) is 3.90. The van der Waals surface area contributed by atoms with E-state index in [-0.39, 0.29) is 10.2 Å². The molecule has 0 unspecified atom stereocenters. The van der Waals surface area contributed by atoms with Gasteiger partial charge in [-0.15, -0.1) is 0 Å². The summed E-state index contributed by atoms with van der Waals surface area (Å²) in [5, 5.41) is -0.0130. The van der Waals surface area contributed by atoms with Crippen molar-refractivity contribution in [3.05, 3.63) is 36.0 Å². The Morgan fingerprint density at radius 3 is 2.25 bits per heavy atom. The molecule has 0 aromatic carbocycles. The molecule has 9 heteroatoms. The summed E-state index contributed by atoms with van der Waals surface area (Å²) in [6.07, 6.45) is 3.71. The van der Waals surface area contributed by atoms with E-state index in [1.54, 1.807) is 12.1 Å². The fourth-order valence-electron chi connectivity index (χ4n) is 1.36. The quantitative estimate of drug-likeness (QED) is 0.858. The molecule has 0 aliphatic carbocycles. The summed E-state index contributed by atoms with van der Waals surface area (Å²) in [5.41, 5.74) is 0.352. The average Bonchev–Trinajstić information content (AvgIpc) is 2.39. The molecule has 0 aliphatic heterocycles. The van der Waals surface area contributed by atoms with Crippen molar-refractivity contribution >= 4 is 33.1 Å². The van der Waals surface area contributed by atoms with Crippen LogP contribution in [-0.4, -0.2) is 37.5 Å². The van der Waals surface area contributed by atoms with Crippen LogP contribution in [0.1, 0.15) is 0 Å². The van der Waals surface area contributed by atoms with E-state index in [0.717, 1.165) is 18.2 Å². The standard InChI is InChI=1S/C11H12ClN5O2S/c1-17(2)10-4-3-8(5-13-10)16-20(18,19)9-6-14-11(12)15-7-9/h3-7,16H,1-2H3. The van der Waals surface area contributed by atoms with Gasteiger partial charge in [-0.1, -0.05) is 0 Å². The Bertz CT molecular complexity index is 686. The Morgan fingerprint density at radius 1 is 1.10 bits per heavy atom. The van der Waals surface area contributed by atoms with Gasteiger partial charge in [0.15, 0.2) is 0 Å². The van der Waals surface area contributed by atoms with Crippen LogP contribution in [0.2, 0.25) is 5.28 Å². The molecule has 0 spiro atoms. The molecule has 0 saturated carbocycles. The second kappa shape index (κ2) is 5.59. The number of hydrogen-bond acceptors (Lipinski definition) is 6. The van der Waals surface area contributed by atoms with Crippen LogP contribution in [0.15, 0.2) is 35.6 Å². The molecule has 0 fully saturated rings. The largest absolute Gasteiger partial charge is 0.363 e. The predicted molar refractivity (Wildman–Crippen MR) is 76.4 cm³/mol. The van der Waals surface area contributed by atoms with E-state index in [0.29, 0.717) is 5.69 Å². The lowest BCUT2D eigenvalue weighted by atomic mass is 10.4. The smallest absolute Gasteiger partial charge is 0.265 e. The lowest BCUT2D eigenvalue weighted by molar-refractivity contribution is 0.600. The minimum Gasteiger partial charge on any atom is -0.363 e. The maximum absolute atomic E-state index is 12.1. The highest BCUT2D eigenvalue weighted by atomic mass is 35.5.